The number of hydrogen-bond acceptors (Lipinski definition) is 8. The highest BCUT2D eigenvalue weighted by atomic mass is 32.2. The van der Waals surface area contributed by atoms with Gasteiger partial charge in [0.2, 0.25) is 11.9 Å². The Hall–Kier alpha value is -3.53. The molecule has 2 heterocycles. The second-order valence-electron chi connectivity index (χ2n) is 6.99. The van der Waals surface area contributed by atoms with E-state index in [4.69, 9.17) is 5.73 Å². The van der Waals surface area contributed by atoms with Gasteiger partial charge < -0.3 is 10.6 Å². The van der Waals surface area contributed by atoms with Gasteiger partial charge in [-0.25, -0.2) is 4.39 Å². The highest BCUT2D eigenvalue weighted by Gasteiger charge is 2.21. The zero-order valence-electron chi connectivity index (χ0n) is 17.3. The fourth-order valence-electron chi connectivity index (χ4n) is 2.93. The van der Waals surface area contributed by atoms with E-state index < -0.39 is 0 Å². The Kier molecular flexibility index (Phi) is 5.81. The summed E-state index contributed by atoms with van der Waals surface area (Å²) in [5.41, 5.74) is 7.53. The summed E-state index contributed by atoms with van der Waals surface area (Å²) >= 11 is 1.45. The molecule has 0 aliphatic heterocycles. The van der Waals surface area contributed by atoms with Crippen LogP contribution >= 0.6 is 11.8 Å². The molecule has 10 heteroatoms. The van der Waals surface area contributed by atoms with Crippen LogP contribution in [0.5, 0.6) is 0 Å². The van der Waals surface area contributed by atoms with E-state index >= 15 is 0 Å². The Morgan fingerprint density at radius 3 is 2.35 bits per heavy atom. The van der Waals surface area contributed by atoms with Gasteiger partial charge in [0, 0.05) is 25.3 Å². The highest BCUT2D eigenvalue weighted by Crippen LogP contribution is 2.36. The molecule has 2 N–H and O–H groups in total. The largest absolute Gasteiger partial charge is 0.368 e. The minimum atomic E-state index is -0.304. The summed E-state index contributed by atoms with van der Waals surface area (Å²) in [4.78, 5) is 14.7. The Morgan fingerprint density at radius 1 is 0.968 bits per heavy atom. The van der Waals surface area contributed by atoms with E-state index in [-0.39, 0.29) is 17.0 Å². The summed E-state index contributed by atoms with van der Waals surface area (Å²) in [6, 6.07) is 16.0. The molecule has 0 saturated heterocycles. The third-order valence-electron chi connectivity index (χ3n) is 4.45. The first-order valence-corrected chi connectivity index (χ1v) is 10.4. The van der Waals surface area contributed by atoms with E-state index in [9.17, 15) is 4.39 Å². The summed E-state index contributed by atoms with van der Waals surface area (Å²) in [6.45, 7) is 1.97. The van der Waals surface area contributed by atoms with Gasteiger partial charge in [-0.1, -0.05) is 30.0 Å². The van der Waals surface area contributed by atoms with Gasteiger partial charge in [0.15, 0.2) is 11.0 Å². The molecule has 1 atom stereocenters. The number of rotatable bonds is 6. The topological polar surface area (TPSA) is 98.6 Å². The van der Waals surface area contributed by atoms with Gasteiger partial charge in [0.25, 0.3) is 0 Å². The number of para-hydroxylation sites is 1. The summed E-state index contributed by atoms with van der Waals surface area (Å²) < 4.78 is 15.4. The molecule has 2 aromatic carbocycles. The van der Waals surface area contributed by atoms with Crippen molar-refractivity contribution >= 4 is 23.7 Å². The first-order valence-electron chi connectivity index (χ1n) is 9.54. The number of nitrogens with two attached hydrogens (primary N) is 1. The maximum atomic E-state index is 13.4. The summed E-state index contributed by atoms with van der Waals surface area (Å²) in [5, 5.41) is 9.28. The normalized spacial score (nSPS) is 12.0. The number of benzene rings is 2. The van der Waals surface area contributed by atoms with E-state index in [1.807, 2.05) is 55.9 Å². The summed E-state index contributed by atoms with van der Waals surface area (Å²) in [7, 11) is 3.69. The van der Waals surface area contributed by atoms with Gasteiger partial charge in [-0.15, -0.1) is 10.2 Å². The molecule has 0 aliphatic carbocycles. The van der Waals surface area contributed by atoms with Crippen molar-refractivity contribution in [3.8, 4) is 17.1 Å². The molecule has 0 radical (unpaired) electrons. The van der Waals surface area contributed by atoms with Gasteiger partial charge in [0.1, 0.15) is 11.6 Å². The number of nitrogens with zero attached hydrogens (tertiary/aromatic N) is 7. The second-order valence-corrected chi connectivity index (χ2v) is 8.30. The van der Waals surface area contributed by atoms with Crippen LogP contribution in [0.4, 0.5) is 16.3 Å². The first kappa shape index (κ1) is 20.7. The standard InChI is InChI=1S/C21H21FN8S/c1-13(17-24-19(23)26-20(25-17)29(2)3)31-21-28-27-18(14-9-11-15(22)12-10-14)30(21)16-7-5-4-6-8-16/h4-13H,1-3H3,(H2,23,24,25,26). The molecule has 0 aliphatic rings. The van der Waals surface area contributed by atoms with Crippen molar-refractivity contribution in [1.82, 2.24) is 29.7 Å². The van der Waals surface area contributed by atoms with Crippen molar-refractivity contribution in [2.24, 2.45) is 0 Å². The lowest BCUT2D eigenvalue weighted by Gasteiger charge is -2.15. The number of nitrogen functional groups attached to an aromatic ring is 1. The third-order valence-corrected chi connectivity index (χ3v) is 5.49. The summed E-state index contributed by atoms with van der Waals surface area (Å²) in [6.07, 6.45) is 0. The lowest BCUT2D eigenvalue weighted by Crippen LogP contribution is -2.16. The zero-order chi connectivity index (χ0) is 22.0. The van der Waals surface area contributed by atoms with Gasteiger partial charge in [-0.3, -0.25) is 4.57 Å². The zero-order valence-corrected chi connectivity index (χ0v) is 18.1. The van der Waals surface area contributed by atoms with Crippen molar-refractivity contribution in [1.29, 1.82) is 0 Å². The van der Waals surface area contributed by atoms with E-state index in [0.717, 1.165) is 11.3 Å². The molecule has 158 valence electrons. The highest BCUT2D eigenvalue weighted by molar-refractivity contribution is 7.99. The fourth-order valence-corrected chi connectivity index (χ4v) is 3.84. The van der Waals surface area contributed by atoms with Crippen LogP contribution in [0.1, 0.15) is 18.0 Å². The summed E-state index contributed by atoms with van der Waals surface area (Å²) in [5.74, 6) is 1.52. The average Bonchev–Trinajstić information content (AvgIpc) is 3.17. The second kappa shape index (κ2) is 8.68. The smallest absolute Gasteiger partial charge is 0.229 e. The number of aromatic nitrogens is 6. The van der Waals surface area contributed by atoms with Crippen LogP contribution in [0, 0.1) is 5.82 Å². The van der Waals surface area contributed by atoms with E-state index in [1.54, 1.807) is 17.0 Å². The van der Waals surface area contributed by atoms with Gasteiger partial charge >= 0.3 is 0 Å². The van der Waals surface area contributed by atoms with Crippen LogP contribution in [0.25, 0.3) is 17.1 Å². The number of anilines is 2. The maximum absolute atomic E-state index is 13.4. The first-order chi connectivity index (χ1) is 14.9. The quantitative estimate of drug-likeness (QED) is 0.456. The van der Waals surface area contributed by atoms with Crippen LogP contribution in [-0.4, -0.2) is 43.8 Å². The molecule has 31 heavy (non-hydrogen) atoms. The van der Waals surface area contributed by atoms with Crippen molar-refractivity contribution in [3.05, 3.63) is 66.2 Å². The Labute approximate surface area is 183 Å². The van der Waals surface area contributed by atoms with E-state index in [2.05, 4.69) is 25.1 Å². The van der Waals surface area contributed by atoms with E-state index in [1.165, 1.54) is 23.9 Å². The van der Waals surface area contributed by atoms with Gasteiger partial charge in [-0.2, -0.15) is 15.0 Å². The van der Waals surface area contributed by atoms with Crippen LogP contribution in [-0.2, 0) is 0 Å². The van der Waals surface area contributed by atoms with Crippen LogP contribution < -0.4 is 10.6 Å². The molecular weight excluding hydrogens is 415 g/mol. The number of thioether (sulfide) groups is 1. The lowest BCUT2D eigenvalue weighted by molar-refractivity contribution is 0.628. The number of hydrogen-bond donors (Lipinski definition) is 1. The molecule has 0 spiro atoms. The molecule has 1 unspecified atom stereocenters. The van der Waals surface area contributed by atoms with Crippen LogP contribution in [0.2, 0.25) is 0 Å². The molecule has 2 aromatic heterocycles. The predicted molar refractivity (Wildman–Crippen MR) is 120 cm³/mol. The Morgan fingerprint density at radius 2 is 1.68 bits per heavy atom. The Balaban J connectivity index is 1.74. The van der Waals surface area contributed by atoms with Gasteiger partial charge in [-0.05, 0) is 43.3 Å². The monoisotopic (exact) mass is 436 g/mol. The third kappa shape index (κ3) is 4.48. The molecule has 0 fully saturated rings. The Bertz CT molecular complexity index is 1180. The van der Waals surface area contributed by atoms with Crippen molar-refractivity contribution in [3.63, 3.8) is 0 Å². The van der Waals surface area contributed by atoms with E-state index in [0.29, 0.717) is 22.8 Å². The minimum Gasteiger partial charge on any atom is -0.368 e. The molecular formula is C21H21FN8S. The molecule has 0 bridgehead atoms. The minimum absolute atomic E-state index is 0.165. The maximum Gasteiger partial charge on any atom is 0.229 e. The SMILES string of the molecule is CC(Sc1nnc(-c2ccc(F)cc2)n1-c1ccccc1)c1nc(N)nc(N(C)C)n1. The van der Waals surface area contributed by atoms with Crippen LogP contribution in [0.15, 0.2) is 59.8 Å². The molecule has 8 nitrogen and oxygen atoms in total. The van der Waals surface area contributed by atoms with Crippen LogP contribution in [0.3, 0.4) is 0 Å². The molecule has 4 aromatic rings. The van der Waals surface area contributed by atoms with Crippen molar-refractivity contribution < 1.29 is 4.39 Å². The average molecular weight is 437 g/mol. The molecule has 0 amide bonds. The van der Waals surface area contributed by atoms with Crippen molar-refractivity contribution in [2.45, 2.75) is 17.3 Å². The van der Waals surface area contributed by atoms with Gasteiger partial charge in [0.05, 0.1) is 5.25 Å². The molecule has 0 saturated carbocycles. The van der Waals surface area contributed by atoms with Crippen molar-refractivity contribution in [2.75, 3.05) is 24.7 Å². The fraction of sp³-hybridized carbons (Fsp3) is 0.190. The predicted octanol–water partition coefficient (Wildman–Crippen LogP) is 3.76. The lowest BCUT2D eigenvalue weighted by atomic mass is 10.2. The number of halogens is 1. The molecule has 4 rings (SSSR count).